The van der Waals surface area contributed by atoms with Crippen molar-refractivity contribution in [2.24, 2.45) is 0 Å². The highest BCUT2D eigenvalue weighted by molar-refractivity contribution is 9.10. The van der Waals surface area contributed by atoms with Crippen LogP contribution in [-0.4, -0.2) is 31.9 Å². The van der Waals surface area contributed by atoms with Crippen LogP contribution in [0.25, 0.3) is 11.0 Å². The van der Waals surface area contributed by atoms with Gasteiger partial charge in [-0.05, 0) is 40.2 Å². The molecule has 0 fully saturated rings. The van der Waals surface area contributed by atoms with Gasteiger partial charge in [-0.15, -0.1) is 0 Å². The molecule has 1 aromatic heterocycles. The fourth-order valence-corrected chi connectivity index (χ4v) is 3.38. The first-order chi connectivity index (χ1) is 13.2. The first kappa shape index (κ1) is 18.0. The second-order valence-electron chi connectivity index (χ2n) is 6.20. The quantitative estimate of drug-likeness (QED) is 0.604. The van der Waals surface area contributed by atoms with E-state index in [2.05, 4.69) is 20.8 Å². The highest BCUT2D eigenvalue weighted by Gasteiger charge is 2.22. The predicted molar refractivity (Wildman–Crippen MR) is 104 cm³/mol. The molecular formula is C20H18BrNO5. The molecule has 0 spiro atoms. The van der Waals surface area contributed by atoms with Gasteiger partial charge in [0.25, 0.3) is 0 Å². The van der Waals surface area contributed by atoms with E-state index in [4.69, 9.17) is 18.6 Å². The Kier molecular flexibility index (Phi) is 5.15. The summed E-state index contributed by atoms with van der Waals surface area (Å²) >= 11 is 3.41. The summed E-state index contributed by atoms with van der Waals surface area (Å²) in [5, 5.41) is 0.468. The van der Waals surface area contributed by atoms with Crippen LogP contribution in [0.1, 0.15) is 5.56 Å². The lowest BCUT2D eigenvalue weighted by molar-refractivity contribution is 0.0658. The second kappa shape index (κ2) is 7.72. The molecule has 0 saturated heterocycles. The third-order valence-electron chi connectivity index (χ3n) is 4.42. The molecule has 0 aliphatic carbocycles. The van der Waals surface area contributed by atoms with Crippen LogP contribution in [0, 0.1) is 0 Å². The van der Waals surface area contributed by atoms with Crippen LogP contribution in [-0.2, 0) is 11.3 Å². The first-order valence-corrected chi connectivity index (χ1v) is 9.30. The molecule has 0 radical (unpaired) electrons. The zero-order valence-corrected chi connectivity index (χ0v) is 16.3. The zero-order valence-electron chi connectivity index (χ0n) is 14.7. The number of fused-ring (bicyclic) bond motifs is 3. The minimum absolute atomic E-state index is 0.141. The smallest absolute Gasteiger partial charge is 0.235 e. The van der Waals surface area contributed by atoms with E-state index in [1.165, 1.54) is 6.26 Å². The van der Waals surface area contributed by atoms with Gasteiger partial charge in [0.15, 0.2) is 0 Å². The number of nitrogens with zero attached hydrogens (tertiary/aromatic N) is 1. The molecule has 0 amide bonds. The lowest BCUT2D eigenvalue weighted by Crippen LogP contribution is -2.34. The molecule has 1 aliphatic heterocycles. The van der Waals surface area contributed by atoms with E-state index in [-0.39, 0.29) is 11.2 Å². The number of rotatable bonds is 5. The van der Waals surface area contributed by atoms with Crippen LogP contribution in [0.15, 0.2) is 56.3 Å². The number of benzene rings is 2. The maximum Gasteiger partial charge on any atom is 0.235 e. The van der Waals surface area contributed by atoms with Crippen LogP contribution >= 0.6 is 15.9 Å². The van der Waals surface area contributed by atoms with Crippen molar-refractivity contribution in [3.05, 3.63) is 62.9 Å². The molecule has 0 N–H and O–H groups in total. The SMILES string of the molecule is COCCN1COc2ccc3c(=O)c(Oc4ccccc4Br)coc3c2C1. The summed E-state index contributed by atoms with van der Waals surface area (Å²) in [7, 11) is 1.67. The average Bonchev–Trinajstić information content (AvgIpc) is 2.69. The number of hydrogen-bond donors (Lipinski definition) is 0. The lowest BCUT2D eigenvalue weighted by Gasteiger charge is -2.28. The Labute approximate surface area is 164 Å². The summed E-state index contributed by atoms with van der Waals surface area (Å²) in [4.78, 5) is 15.0. The van der Waals surface area contributed by atoms with Gasteiger partial charge in [0, 0.05) is 20.2 Å². The summed E-state index contributed by atoms with van der Waals surface area (Å²) < 4.78 is 23.2. The number of para-hydroxylation sites is 1. The lowest BCUT2D eigenvalue weighted by atomic mass is 10.1. The largest absolute Gasteiger partial charge is 0.478 e. The Morgan fingerprint density at radius 2 is 2.04 bits per heavy atom. The number of halogens is 1. The minimum atomic E-state index is -0.219. The standard InChI is InChI=1S/C20H18BrNO5/c1-24-9-8-22-10-14-16(26-12-22)7-6-13-19(23)18(11-25-20(13)14)27-17-5-3-2-4-15(17)21/h2-7,11H,8-10,12H2,1H3. The van der Waals surface area contributed by atoms with E-state index in [9.17, 15) is 4.79 Å². The highest BCUT2D eigenvalue weighted by atomic mass is 79.9. The molecule has 4 rings (SSSR count). The summed E-state index contributed by atoms with van der Waals surface area (Å²) in [6, 6.07) is 10.9. The second-order valence-corrected chi connectivity index (χ2v) is 7.05. The number of methoxy groups -OCH3 is 1. The van der Waals surface area contributed by atoms with Crippen molar-refractivity contribution in [1.29, 1.82) is 0 Å². The van der Waals surface area contributed by atoms with Gasteiger partial charge in [0.05, 0.1) is 22.0 Å². The van der Waals surface area contributed by atoms with Crippen molar-refractivity contribution in [3.8, 4) is 17.2 Å². The molecule has 2 heterocycles. The van der Waals surface area contributed by atoms with Crippen molar-refractivity contribution in [1.82, 2.24) is 4.90 Å². The highest BCUT2D eigenvalue weighted by Crippen LogP contribution is 2.33. The molecular weight excluding hydrogens is 414 g/mol. The zero-order chi connectivity index (χ0) is 18.8. The van der Waals surface area contributed by atoms with E-state index >= 15 is 0 Å². The third kappa shape index (κ3) is 3.58. The summed E-state index contributed by atoms with van der Waals surface area (Å²) in [5.41, 5.74) is 1.17. The van der Waals surface area contributed by atoms with E-state index in [0.29, 0.717) is 36.6 Å². The van der Waals surface area contributed by atoms with Crippen molar-refractivity contribution in [3.63, 3.8) is 0 Å². The summed E-state index contributed by atoms with van der Waals surface area (Å²) in [6.45, 7) is 2.45. The molecule has 3 aromatic rings. The Morgan fingerprint density at radius 3 is 2.85 bits per heavy atom. The van der Waals surface area contributed by atoms with Gasteiger partial charge in [-0.3, -0.25) is 9.69 Å². The molecule has 0 saturated carbocycles. The van der Waals surface area contributed by atoms with Crippen molar-refractivity contribution < 1.29 is 18.6 Å². The van der Waals surface area contributed by atoms with Crippen LogP contribution in [0.2, 0.25) is 0 Å². The topological polar surface area (TPSA) is 61.1 Å². The van der Waals surface area contributed by atoms with E-state index in [1.807, 2.05) is 24.3 Å². The molecule has 2 aromatic carbocycles. The van der Waals surface area contributed by atoms with Gasteiger partial charge in [0.2, 0.25) is 11.2 Å². The van der Waals surface area contributed by atoms with E-state index in [1.54, 1.807) is 19.2 Å². The van der Waals surface area contributed by atoms with E-state index < -0.39 is 0 Å². The third-order valence-corrected chi connectivity index (χ3v) is 5.08. The first-order valence-electron chi connectivity index (χ1n) is 8.51. The van der Waals surface area contributed by atoms with Gasteiger partial charge in [0.1, 0.15) is 30.1 Å². The monoisotopic (exact) mass is 431 g/mol. The Hall–Kier alpha value is -2.35. The normalized spacial score (nSPS) is 14.0. The van der Waals surface area contributed by atoms with Crippen LogP contribution in [0.5, 0.6) is 17.2 Å². The molecule has 6 nitrogen and oxygen atoms in total. The molecule has 27 heavy (non-hydrogen) atoms. The predicted octanol–water partition coefficient (Wildman–Crippen LogP) is 4.15. The molecule has 0 bridgehead atoms. The molecule has 140 valence electrons. The fourth-order valence-electron chi connectivity index (χ4n) is 3.02. The number of ether oxygens (including phenoxy) is 3. The number of hydrogen-bond acceptors (Lipinski definition) is 6. The van der Waals surface area contributed by atoms with E-state index in [0.717, 1.165) is 22.3 Å². The van der Waals surface area contributed by atoms with Gasteiger partial charge >= 0.3 is 0 Å². The van der Waals surface area contributed by atoms with Crippen LogP contribution in [0.3, 0.4) is 0 Å². The fraction of sp³-hybridized carbons (Fsp3) is 0.250. The Morgan fingerprint density at radius 1 is 1.19 bits per heavy atom. The molecule has 7 heteroatoms. The average molecular weight is 432 g/mol. The molecule has 0 unspecified atom stereocenters. The van der Waals surface area contributed by atoms with Crippen molar-refractivity contribution in [2.75, 3.05) is 27.0 Å². The minimum Gasteiger partial charge on any atom is -0.478 e. The summed E-state index contributed by atoms with van der Waals surface area (Å²) in [6.07, 6.45) is 1.36. The van der Waals surface area contributed by atoms with Gasteiger partial charge in [-0.2, -0.15) is 0 Å². The Balaban J connectivity index is 1.71. The van der Waals surface area contributed by atoms with Gasteiger partial charge in [-0.25, -0.2) is 0 Å². The van der Waals surface area contributed by atoms with Crippen molar-refractivity contribution >= 4 is 26.9 Å². The van der Waals surface area contributed by atoms with Gasteiger partial charge in [-0.1, -0.05) is 12.1 Å². The molecule has 1 aliphatic rings. The van der Waals surface area contributed by atoms with Crippen LogP contribution < -0.4 is 14.9 Å². The maximum absolute atomic E-state index is 12.9. The van der Waals surface area contributed by atoms with Gasteiger partial charge < -0.3 is 18.6 Å². The van der Waals surface area contributed by atoms with Crippen molar-refractivity contribution in [2.45, 2.75) is 6.54 Å². The van der Waals surface area contributed by atoms with Crippen LogP contribution in [0.4, 0.5) is 0 Å². The molecule has 0 atom stereocenters. The maximum atomic E-state index is 12.9. The Bertz CT molecular complexity index is 1030. The summed E-state index contributed by atoms with van der Waals surface area (Å²) in [5.74, 6) is 1.43.